The largest absolute Gasteiger partial charge is 0.388 e. The number of rotatable bonds is 5. The Morgan fingerprint density at radius 3 is 2.35 bits per heavy atom. The molecule has 1 saturated carbocycles. The van der Waals surface area contributed by atoms with Crippen molar-refractivity contribution in [2.24, 2.45) is 5.73 Å². The first-order valence-corrected chi connectivity index (χ1v) is 6.61. The fraction of sp³-hybridized carbons (Fsp3) is 0.429. The van der Waals surface area contributed by atoms with Gasteiger partial charge in [0.25, 0.3) is 5.91 Å². The molecule has 20 heavy (non-hydrogen) atoms. The number of carbonyl (C=O) groups is 2. The van der Waals surface area contributed by atoms with E-state index in [0.717, 1.165) is 24.8 Å². The fourth-order valence-electron chi connectivity index (χ4n) is 2.07. The summed E-state index contributed by atoms with van der Waals surface area (Å²) < 4.78 is 0. The van der Waals surface area contributed by atoms with E-state index in [0.29, 0.717) is 12.1 Å². The number of amides is 3. The van der Waals surface area contributed by atoms with Crippen LogP contribution in [-0.4, -0.2) is 29.2 Å². The summed E-state index contributed by atoms with van der Waals surface area (Å²) in [5.74, 6) is -0.209. The SMILES string of the molecule is NC(=O)NCc1ccc(C(=O)NCC2(O)CCC2)cc1. The quantitative estimate of drug-likeness (QED) is 0.630. The van der Waals surface area contributed by atoms with Crippen LogP contribution >= 0.6 is 0 Å². The minimum absolute atomic E-state index is 0.209. The Labute approximate surface area is 117 Å². The second-order valence-electron chi connectivity index (χ2n) is 5.18. The second-order valence-corrected chi connectivity index (χ2v) is 5.18. The van der Waals surface area contributed by atoms with Crippen molar-refractivity contribution in [1.82, 2.24) is 10.6 Å². The van der Waals surface area contributed by atoms with Gasteiger partial charge in [0.2, 0.25) is 0 Å². The molecule has 0 bridgehead atoms. The predicted octanol–water partition coefficient (Wildman–Crippen LogP) is 0.500. The summed E-state index contributed by atoms with van der Waals surface area (Å²) in [6, 6.07) is 6.28. The van der Waals surface area contributed by atoms with E-state index in [-0.39, 0.29) is 12.5 Å². The van der Waals surface area contributed by atoms with Gasteiger partial charge in [-0.1, -0.05) is 12.1 Å². The van der Waals surface area contributed by atoms with Crippen molar-refractivity contribution in [3.05, 3.63) is 35.4 Å². The summed E-state index contributed by atoms with van der Waals surface area (Å²) in [6.07, 6.45) is 2.49. The van der Waals surface area contributed by atoms with Gasteiger partial charge in [-0.2, -0.15) is 0 Å². The Hall–Kier alpha value is -2.08. The third-order valence-electron chi connectivity index (χ3n) is 3.55. The lowest BCUT2D eigenvalue weighted by molar-refractivity contribution is -0.0300. The molecule has 0 unspecified atom stereocenters. The topological polar surface area (TPSA) is 104 Å². The third kappa shape index (κ3) is 3.71. The number of benzene rings is 1. The number of hydrogen-bond acceptors (Lipinski definition) is 3. The lowest BCUT2D eigenvalue weighted by Gasteiger charge is -2.36. The molecule has 1 fully saturated rings. The molecule has 1 aliphatic carbocycles. The van der Waals surface area contributed by atoms with Gasteiger partial charge in [-0.05, 0) is 37.0 Å². The summed E-state index contributed by atoms with van der Waals surface area (Å²) in [4.78, 5) is 22.5. The lowest BCUT2D eigenvalue weighted by atomic mass is 9.80. The number of nitrogens with two attached hydrogens (primary N) is 1. The summed E-state index contributed by atoms with van der Waals surface area (Å²) in [7, 11) is 0. The number of primary amides is 1. The molecule has 1 aromatic carbocycles. The molecule has 108 valence electrons. The average Bonchev–Trinajstić information content (AvgIpc) is 2.41. The van der Waals surface area contributed by atoms with Gasteiger partial charge in [0.05, 0.1) is 5.60 Å². The Morgan fingerprint density at radius 1 is 1.20 bits per heavy atom. The van der Waals surface area contributed by atoms with Crippen LogP contribution in [0.4, 0.5) is 4.79 Å². The molecule has 0 aliphatic heterocycles. The van der Waals surface area contributed by atoms with Crippen molar-refractivity contribution in [3.8, 4) is 0 Å². The molecule has 2 rings (SSSR count). The van der Waals surface area contributed by atoms with Gasteiger partial charge < -0.3 is 21.5 Å². The zero-order valence-electron chi connectivity index (χ0n) is 11.2. The molecular weight excluding hydrogens is 258 g/mol. The molecule has 1 aliphatic rings. The highest BCUT2D eigenvalue weighted by Crippen LogP contribution is 2.30. The minimum atomic E-state index is -0.721. The van der Waals surface area contributed by atoms with Crippen LogP contribution in [0.3, 0.4) is 0 Å². The van der Waals surface area contributed by atoms with Crippen LogP contribution in [0.2, 0.25) is 0 Å². The van der Waals surface area contributed by atoms with Crippen LogP contribution in [-0.2, 0) is 6.54 Å². The maximum atomic E-state index is 11.9. The van der Waals surface area contributed by atoms with Gasteiger partial charge in [0.1, 0.15) is 0 Å². The van der Waals surface area contributed by atoms with Crippen molar-refractivity contribution >= 4 is 11.9 Å². The Kier molecular flexibility index (Phi) is 4.24. The number of urea groups is 1. The van der Waals surface area contributed by atoms with E-state index in [1.54, 1.807) is 24.3 Å². The molecule has 0 aromatic heterocycles. The lowest BCUT2D eigenvalue weighted by Crippen LogP contribution is -2.47. The van der Waals surface area contributed by atoms with Gasteiger partial charge in [0.15, 0.2) is 0 Å². The van der Waals surface area contributed by atoms with E-state index in [1.807, 2.05) is 0 Å². The Bertz CT molecular complexity index is 495. The molecule has 6 heteroatoms. The number of nitrogens with one attached hydrogen (secondary N) is 2. The first kappa shape index (κ1) is 14.3. The highest BCUT2D eigenvalue weighted by Gasteiger charge is 2.34. The van der Waals surface area contributed by atoms with Crippen LogP contribution in [0, 0.1) is 0 Å². The molecule has 0 spiro atoms. The molecule has 5 N–H and O–H groups in total. The van der Waals surface area contributed by atoms with Crippen LogP contribution in [0.15, 0.2) is 24.3 Å². The Morgan fingerprint density at radius 2 is 1.85 bits per heavy atom. The smallest absolute Gasteiger partial charge is 0.312 e. The first-order valence-electron chi connectivity index (χ1n) is 6.61. The Balaban J connectivity index is 1.85. The predicted molar refractivity (Wildman–Crippen MR) is 74.0 cm³/mol. The second kappa shape index (κ2) is 5.92. The van der Waals surface area contributed by atoms with Crippen molar-refractivity contribution in [2.45, 2.75) is 31.4 Å². The monoisotopic (exact) mass is 277 g/mol. The minimum Gasteiger partial charge on any atom is -0.388 e. The number of carbonyl (C=O) groups excluding carboxylic acids is 2. The van der Waals surface area contributed by atoms with Crippen LogP contribution < -0.4 is 16.4 Å². The van der Waals surface area contributed by atoms with Gasteiger partial charge in [-0.25, -0.2) is 4.79 Å². The summed E-state index contributed by atoms with van der Waals surface area (Å²) in [5, 5.41) is 15.1. The zero-order valence-corrected chi connectivity index (χ0v) is 11.2. The molecular formula is C14H19N3O3. The average molecular weight is 277 g/mol. The highest BCUT2D eigenvalue weighted by molar-refractivity contribution is 5.94. The van der Waals surface area contributed by atoms with E-state index in [2.05, 4.69) is 10.6 Å². The maximum Gasteiger partial charge on any atom is 0.312 e. The highest BCUT2D eigenvalue weighted by atomic mass is 16.3. The van der Waals surface area contributed by atoms with Crippen molar-refractivity contribution in [3.63, 3.8) is 0 Å². The van der Waals surface area contributed by atoms with Crippen LogP contribution in [0.5, 0.6) is 0 Å². The van der Waals surface area contributed by atoms with E-state index >= 15 is 0 Å². The van der Waals surface area contributed by atoms with Crippen LogP contribution in [0.25, 0.3) is 0 Å². The van der Waals surface area contributed by atoms with Crippen molar-refractivity contribution in [1.29, 1.82) is 0 Å². The van der Waals surface area contributed by atoms with E-state index in [9.17, 15) is 14.7 Å². The molecule has 3 amide bonds. The fourth-order valence-corrected chi connectivity index (χ4v) is 2.07. The van der Waals surface area contributed by atoms with E-state index in [1.165, 1.54) is 0 Å². The molecule has 6 nitrogen and oxygen atoms in total. The summed E-state index contributed by atoms with van der Waals surface area (Å²) in [5.41, 5.74) is 5.64. The van der Waals surface area contributed by atoms with Gasteiger partial charge in [-0.15, -0.1) is 0 Å². The number of hydrogen-bond donors (Lipinski definition) is 4. The van der Waals surface area contributed by atoms with E-state index < -0.39 is 11.6 Å². The van der Waals surface area contributed by atoms with Crippen molar-refractivity contribution < 1.29 is 14.7 Å². The van der Waals surface area contributed by atoms with Crippen LogP contribution in [0.1, 0.15) is 35.2 Å². The van der Waals surface area contributed by atoms with Gasteiger partial charge in [-0.3, -0.25) is 4.79 Å². The van der Waals surface area contributed by atoms with Gasteiger partial charge in [0, 0.05) is 18.7 Å². The number of aliphatic hydroxyl groups is 1. The standard InChI is InChI=1S/C14H19N3O3/c15-13(19)16-8-10-2-4-11(5-3-10)12(18)17-9-14(20)6-1-7-14/h2-5,20H,1,6-9H2,(H,17,18)(H3,15,16,19). The summed E-state index contributed by atoms with van der Waals surface area (Å²) in [6.45, 7) is 0.619. The normalized spacial score (nSPS) is 16.1. The molecule has 0 heterocycles. The molecule has 0 atom stereocenters. The third-order valence-corrected chi connectivity index (χ3v) is 3.55. The van der Waals surface area contributed by atoms with Gasteiger partial charge >= 0.3 is 6.03 Å². The van der Waals surface area contributed by atoms with Crippen molar-refractivity contribution in [2.75, 3.05) is 6.54 Å². The maximum absolute atomic E-state index is 11.9. The summed E-state index contributed by atoms with van der Waals surface area (Å²) >= 11 is 0. The molecule has 1 aromatic rings. The first-order chi connectivity index (χ1) is 9.48. The molecule has 0 radical (unpaired) electrons. The zero-order chi connectivity index (χ0) is 14.6. The molecule has 0 saturated heterocycles. The van der Waals surface area contributed by atoms with E-state index in [4.69, 9.17) is 5.73 Å².